The van der Waals surface area contributed by atoms with E-state index in [2.05, 4.69) is 103 Å². The third-order valence-corrected chi connectivity index (χ3v) is 19.8. The van der Waals surface area contributed by atoms with Crippen LogP contribution in [0, 0.1) is 6.92 Å². The van der Waals surface area contributed by atoms with Crippen LogP contribution in [0.15, 0.2) is 306 Å². The number of likely N-dealkylation sites (N-methyl/N-ethyl adjacent to an activating group) is 2. The molecule has 0 fully saturated rings. The van der Waals surface area contributed by atoms with Gasteiger partial charge in [-0.2, -0.15) is 5.10 Å². The second kappa shape index (κ2) is 31.1. The molecule has 0 atom stereocenters. The molecule has 0 aliphatic heterocycles. The summed E-state index contributed by atoms with van der Waals surface area (Å²) in [6.07, 6.45) is 18.3. The predicted octanol–water partition coefficient (Wildman–Crippen LogP) is 15.3. The molecule has 548 valence electrons. The summed E-state index contributed by atoms with van der Waals surface area (Å²) in [7, 11) is 9.95. The van der Waals surface area contributed by atoms with Crippen molar-refractivity contribution >= 4 is 104 Å². The maximum absolute atomic E-state index is 12.9. The number of hydrogen-bond acceptors (Lipinski definition) is 16. The summed E-state index contributed by atoms with van der Waals surface area (Å²) in [6, 6.07) is 71.8. The van der Waals surface area contributed by atoms with Gasteiger partial charge in [-0.3, -0.25) is 62.9 Å². The van der Waals surface area contributed by atoms with Gasteiger partial charge in [0.25, 0.3) is 22.2 Å². The van der Waals surface area contributed by atoms with E-state index < -0.39 is 0 Å². The van der Waals surface area contributed by atoms with Crippen molar-refractivity contribution in [1.82, 2.24) is 77.7 Å². The zero-order valence-electron chi connectivity index (χ0n) is 62.3. The normalized spacial score (nSPS) is 11.4. The Kier molecular flexibility index (Phi) is 19.9. The first-order valence-corrected chi connectivity index (χ1v) is 36.5. The number of para-hydroxylation sites is 3. The summed E-state index contributed by atoms with van der Waals surface area (Å²) in [5.41, 5.74) is 24.1. The number of anilines is 1. The molecule has 0 radical (unpaired) electrons. The third kappa shape index (κ3) is 14.8. The minimum atomic E-state index is -0.0904. The van der Waals surface area contributed by atoms with Gasteiger partial charge in [-0.05, 0) is 173 Å². The first kappa shape index (κ1) is 71.8. The van der Waals surface area contributed by atoms with Crippen molar-refractivity contribution in [2.24, 2.45) is 7.05 Å². The summed E-state index contributed by atoms with van der Waals surface area (Å²) >= 11 is 0. The molecule has 2 N–H and O–H groups in total. The number of aromatic nitrogens is 14. The lowest BCUT2D eigenvalue weighted by atomic mass is 10.0. The van der Waals surface area contributed by atoms with E-state index in [0.29, 0.717) is 13.1 Å². The second-order valence-electron chi connectivity index (χ2n) is 28.0. The maximum atomic E-state index is 12.9. The molecule has 0 saturated carbocycles. The molecule has 0 amide bonds. The van der Waals surface area contributed by atoms with Gasteiger partial charge in [-0.15, -0.1) is 0 Å². The van der Waals surface area contributed by atoms with Gasteiger partial charge in [0.1, 0.15) is 0 Å². The van der Waals surface area contributed by atoms with Gasteiger partial charge < -0.3 is 24.7 Å². The average molecular weight is 1470 g/mol. The molecule has 7 aromatic carbocycles. The van der Waals surface area contributed by atoms with Gasteiger partial charge >= 0.3 is 0 Å². The smallest absolute Gasteiger partial charge is 0.255 e. The Bertz CT molecular complexity index is 7040. The van der Waals surface area contributed by atoms with Crippen molar-refractivity contribution in [3.8, 4) is 55.9 Å². The van der Waals surface area contributed by atoms with Gasteiger partial charge in [-0.1, -0.05) is 84.9 Å². The van der Waals surface area contributed by atoms with Gasteiger partial charge in [0.15, 0.2) is 0 Å². The van der Waals surface area contributed by atoms with Gasteiger partial charge in [0, 0.05) is 201 Å². The highest BCUT2D eigenvalue weighted by atomic mass is 16.1. The van der Waals surface area contributed by atoms with Gasteiger partial charge in [0.2, 0.25) is 5.95 Å². The van der Waals surface area contributed by atoms with Crippen LogP contribution < -0.4 is 28.0 Å². The molecule has 0 spiro atoms. The summed E-state index contributed by atoms with van der Waals surface area (Å²) in [5, 5.41) is 12.9. The van der Waals surface area contributed by atoms with Gasteiger partial charge in [-0.25, -0.2) is 9.97 Å². The average Bonchev–Trinajstić information content (AvgIpc) is 0.822. The maximum Gasteiger partial charge on any atom is 0.255 e. The molecule has 12 heterocycles. The van der Waals surface area contributed by atoms with Crippen LogP contribution in [0.5, 0.6) is 0 Å². The Morgan fingerprint density at radius 2 is 0.705 bits per heavy atom. The number of pyridine rings is 10. The van der Waals surface area contributed by atoms with Crippen molar-refractivity contribution in [1.29, 1.82) is 0 Å². The van der Waals surface area contributed by atoms with Crippen molar-refractivity contribution in [2.45, 2.75) is 20.0 Å². The molecule has 19 rings (SSSR count). The van der Waals surface area contributed by atoms with Crippen LogP contribution in [0.25, 0.3) is 154 Å². The standard InChI is InChI=1S/C27H17N3O.C22H15N5O.C22H22N4O.C20H21N5O/c31-26-13-11-20-16-29-25-12-10-18(21-14-19-6-4-5-9-24(19)28-17-21)15-23(25)27(20)30(26)22-7-2-1-3-8-22;23-22-25-12-16(13-26-22)14-6-8-19-18(10-14)21-15(11-24-19)7-9-20(28)27(21)17-4-2-1-3-5-17;1-15-4-5-17(13-23-15)16-6-8-20-19(12-16)22-18(14-24-20)7-9-21(27)26(22)11-10-25(2)3;1-23(2)8-9-25-19(26)7-5-15-11-21-18-6-4-14(10-17(18)20(15)25)16-12-22-24(3)13-16/h1-17H;1-13H,(H2,23,25,26);4-9,12-14H,10-11H2,1-3H3;4-7,10-13H,8-9H2,1-3H3. The van der Waals surface area contributed by atoms with Crippen LogP contribution in [0.1, 0.15) is 5.69 Å². The minimum absolute atomic E-state index is 0.0126. The number of benzene rings is 7. The SMILES string of the molecule is CN(C)CCn1c(=O)ccc2cnc3ccc(-c4cnn(C)c4)cc3c21.Cc1ccc(-c2ccc3ncc4ccc(=O)n(CCN(C)C)c4c3c2)cn1.Nc1ncc(-c2ccc3ncc4ccc(=O)n(-c5ccccc5)c4c3c2)cn1.O=c1ccc2cnc3ccc(-c4cnc5ccccc5c4)cc3c2n1-c1ccccc1. The molecule has 112 heavy (non-hydrogen) atoms. The lowest BCUT2D eigenvalue weighted by Gasteiger charge is -2.15. The summed E-state index contributed by atoms with van der Waals surface area (Å²) in [4.78, 5) is 90.5. The van der Waals surface area contributed by atoms with Crippen LogP contribution in [0.2, 0.25) is 0 Å². The monoisotopic (exact) mass is 1470 g/mol. The fourth-order valence-electron chi connectivity index (χ4n) is 14.1. The summed E-state index contributed by atoms with van der Waals surface area (Å²) in [5.74, 6) is 0.231. The van der Waals surface area contributed by atoms with E-state index in [9.17, 15) is 19.2 Å². The highest BCUT2D eigenvalue weighted by molar-refractivity contribution is 6.08. The predicted molar refractivity (Wildman–Crippen MR) is 450 cm³/mol. The Labute approximate surface area is 641 Å². The minimum Gasteiger partial charge on any atom is -0.368 e. The van der Waals surface area contributed by atoms with E-state index in [-0.39, 0.29) is 28.2 Å². The number of rotatable bonds is 12. The van der Waals surface area contributed by atoms with Crippen molar-refractivity contribution in [2.75, 3.05) is 47.0 Å². The van der Waals surface area contributed by atoms with Crippen molar-refractivity contribution in [3.05, 3.63) is 334 Å². The number of aryl methyl sites for hydroxylation is 2. The quantitative estimate of drug-likeness (QED) is 0.112. The highest BCUT2D eigenvalue weighted by Crippen LogP contribution is 2.35. The molecule has 0 aliphatic rings. The fraction of sp³-hybridized carbons (Fsp3) is 0.110. The third-order valence-electron chi connectivity index (χ3n) is 19.8. The van der Waals surface area contributed by atoms with Crippen LogP contribution >= 0.6 is 0 Å². The molecule has 0 saturated heterocycles. The van der Waals surface area contributed by atoms with E-state index in [1.54, 1.807) is 56.7 Å². The molecular weight excluding hydrogens is 1400 g/mol. The highest BCUT2D eigenvalue weighted by Gasteiger charge is 2.18. The lowest BCUT2D eigenvalue weighted by molar-refractivity contribution is 0.384. The van der Waals surface area contributed by atoms with E-state index in [4.69, 9.17) is 5.73 Å². The largest absolute Gasteiger partial charge is 0.368 e. The molecule has 12 aromatic heterocycles. The van der Waals surface area contributed by atoms with Crippen molar-refractivity contribution < 1.29 is 0 Å². The molecule has 19 aromatic rings. The van der Waals surface area contributed by atoms with Crippen LogP contribution in [0.4, 0.5) is 5.95 Å². The molecule has 21 nitrogen and oxygen atoms in total. The zero-order chi connectivity index (χ0) is 77.1. The van der Waals surface area contributed by atoms with E-state index in [0.717, 1.165) is 173 Å². The summed E-state index contributed by atoms with van der Waals surface area (Å²) in [6.45, 7) is 4.85. The first-order chi connectivity index (χ1) is 54.5. The molecule has 0 bridgehead atoms. The van der Waals surface area contributed by atoms with Crippen LogP contribution in [-0.4, -0.2) is 119 Å². The zero-order valence-corrected chi connectivity index (χ0v) is 62.3. The Morgan fingerprint density at radius 1 is 0.321 bits per heavy atom. The Hall–Kier alpha value is -14.4. The molecule has 0 aliphatic carbocycles. The van der Waals surface area contributed by atoms with E-state index in [1.807, 2.05) is 246 Å². The lowest BCUT2D eigenvalue weighted by Crippen LogP contribution is -2.26. The number of nitrogens with two attached hydrogens (primary N) is 1. The fourth-order valence-corrected chi connectivity index (χ4v) is 14.1. The number of fused-ring (bicyclic) bond motifs is 13. The second-order valence-corrected chi connectivity index (χ2v) is 28.0. The Morgan fingerprint density at radius 3 is 1.15 bits per heavy atom. The number of nitrogen functional groups attached to an aromatic ring is 1. The molecule has 21 heteroatoms. The van der Waals surface area contributed by atoms with E-state index in [1.165, 1.54) is 0 Å². The van der Waals surface area contributed by atoms with Crippen molar-refractivity contribution in [3.63, 3.8) is 0 Å². The van der Waals surface area contributed by atoms with Gasteiger partial charge in [0.05, 0.1) is 55.8 Å². The molecule has 0 unspecified atom stereocenters. The Balaban J connectivity index is 0.000000113. The first-order valence-electron chi connectivity index (χ1n) is 36.5. The summed E-state index contributed by atoms with van der Waals surface area (Å²) < 4.78 is 8.99. The number of hydrogen-bond donors (Lipinski definition) is 1. The topological polar surface area (TPSA) is 241 Å². The molecular formula is C91H75N17O4. The van der Waals surface area contributed by atoms with Crippen LogP contribution in [0.3, 0.4) is 0 Å². The van der Waals surface area contributed by atoms with Crippen LogP contribution in [-0.2, 0) is 20.1 Å². The number of nitrogens with zero attached hydrogens (tertiary/aromatic N) is 16. The van der Waals surface area contributed by atoms with E-state index >= 15 is 0 Å².